The van der Waals surface area contributed by atoms with Gasteiger partial charge in [-0.1, -0.05) is 40.5 Å². The highest BCUT2D eigenvalue weighted by atomic mass is 35.5. The van der Waals surface area contributed by atoms with Crippen LogP contribution in [0.2, 0.25) is 10.0 Å². The predicted molar refractivity (Wildman–Crippen MR) is 83.3 cm³/mol. The van der Waals surface area contributed by atoms with Crippen LogP contribution in [0.25, 0.3) is 0 Å². The third-order valence-corrected chi connectivity index (χ3v) is 3.15. The normalized spacial score (nSPS) is 10.8. The van der Waals surface area contributed by atoms with Gasteiger partial charge in [0.2, 0.25) is 0 Å². The lowest BCUT2D eigenvalue weighted by Crippen LogP contribution is -2.10. The molecule has 0 aromatic heterocycles. The molecule has 0 amide bonds. The molecule has 0 heterocycles. The molecule has 0 spiro atoms. The van der Waals surface area contributed by atoms with Gasteiger partial charge in [-0.15, -0.1) is 0 Å². The summed E-state index contributed by atoms with van der Waals surface area (Å²) in [5, 5.41) is 12.7. The van der Waals surface area contributed by atoms with E-state index >= 15 is 0 Å². The Bertz CT molecular complexity index is 632. The summed E-state index contributed by atoms with van der Waals surface area (Å²) in [7, 11) is 0. The van der Waals surface area contributed by atoms with Crippen LogP contribution in [0.3, 0.4) is 0 Å². The number of rotatable bonds is 6. The minimum absolute atomic E-state index is 0.319. The molecule has 6 heteroatoms. The molecule has 2 aromatic carbocycles. The molecule has 0 aliphatic heterocycles. The van der Waals surface area contributed by atoms with E-state index in [2.05, 4.69) is 5.16 Å². The SMILES string of the molecule is ON=Cc1cc(Cl)ccc1OCCOc1ccccc1Cl. The van der Waals surface area contributed by atoms with Crippen molar-refractivity contribution in [1.29, 1.82) is 0 Å². The van der Waals surface area contributed by atoms with E-state index in [0.29, 0.717) is 40.3 Å². The van der Waals surface area contributed by atoms with Crippen molar-refractivity contribution in [2.75, 3.05) is 13.2 Å². The Kier molecular flexibility index (Phi) is 5.72. The van der Waals surface area contributed by atoms with Gasteiger partial charge < -0.3 is 14.7 Å². The first-order valence-corrected chi connectivity index (χ1v) is 6.93. The second-order valence-corrected chi connectivity index (χ2v) is 4.90. The predicted octanol–water partition coefficient (Wildman–Crippen LogP) is 4.26. The van der Waals surface area contributed by atoms with Gasteiger partial charge in [0.15, 0.2) is 0 Å². The molecule has 21 heavy (non-hydrogen) atoms. The summed E-state index contributed by atoms with van der Waals surface area (Å²) in [5.74, 6) is 1.16. The molecule has 0 aliphatic rings. The van der Waals surface area contributed by atoms with Crippen LogP contribution >= 0.6 is 23.2 Å². The van der Waals surface area contributed by atoms with Crippen molar-refractivity contribution in [1.82, 2.24) is 0 Å². The van der Waals surface area contributed by atoms with Crippen LogP contribution in [0, 0.1) is 0 Å². The Morgan fingerprint density at radius 3 is 2.43 bits per heavy atom. The van der Waals surface area contributed by atoms with Crippen molar-refractivity contribution >= 4 is 29.4 Å². The van der Waals surface area contributed by atoms with E-state index in [1.54, 1.807) is 30.3 Å². The van der Waals surface area contributed by atoms with Crippen LogP contribution in [0.15, 0.2) is 47.6 Å². The van der Waals surface area contributed by atoms with Crippen LogP contribution in [-0.4, -0.2) is 24.6 Å². The third kappa shape index (κ3) is 4.55. The van der Waals surface area contributed by atoms with Crippen molar-refractivity contribution in [2.24, 2.45) is 5.16 Å². The molecule has 0 unspecified atom stereocenters. The fourth-order valence-electron chi connectivity index (χ4n) is 1.68. The van der Waals surface area contributed by atoms with E-state index < -0.39 is 0 Å². The number of benzene rings is 2. The summed E-state index contributed by atoms with van der Waals surface area (Å²) in [6.07, 6.45) is 1.26. The van der Waals surface area contributed by atoms with Crippen LogP contribution < -0.4 is 9.47 Å². The molecule has 0 saturated carbocycles. The topological polar surface area (TPSA) is 51.1 Å². The number of ether oxygens (including phenoxy) is 2. The Balaban J connectivity index is 1.90. The minimum Gasteiger partial charge on any atom is -0.489 e. The fourth-order valence-corrected chi connectivity index (χ4v) is 2.05. The van der Waals surface area contributed by atoms with Gasteiger partial charge in [-0.25, -0.2) is 0 Å². The van der Waals surface area contributed by atoms with E-state index in [9.17, 15) is 0 Å². The van der Waals surface area contributed by atoms with Crippen LogP contribution in [-0.2, 0) is 0 Å². The van der Waals surface area contributed by atoms with Crippen LogP contribution in [0.5, 0.6) is 11.5 Å². The molecule has 0 saturated heterocycles. The lowest BCUT2D eigenvalue weighted by Gasteiger charge is -2.11. The highest BCUT2D eigenvalue weighted by Crippen LogP contribution is 2.24. The summed E-state index contributed by atoms with van der Waals surface area (Å²) >= 11 is 11.9. The van der Waals surface area contributed by atoms with Crippen LogP contribution in [0.1, 0.15) is 5.56 Å². The third-order valence-electron chi connectivity index (χ3n) is 2.60. The highest BCUT2D eigenvalue weighted by molar-refractivity contribution is 6.32. The van der Waals surface area contributed by atoms with E-state index in [-0.39, 0.29) is 0 Å². The molecule has 0 radical (unpaired) electrons. The summed E-state index contributed by atoms with van der Waals surface area (Å²) < 4.78 is 11.1. The molecule has 0 bridgehead atoms. The second kappa shape index (κ2) is 7.76. The molecule has 2 aromatic rings. The van der Waals surface area contributed by atoms with Crippen molar-refractivity contribution in [2.45, 2.75) is 0 Å². The van der Waals surface area contributed by atoms with Crippen molar-refractivity contribution in [3.05, 3.63) is 58.1 Å². The number of hydrogen-bond acceptors (Lipinski definition) is 4. The fraction of sp³-hybridized carbons (Fsp3) is 0.133. The summed E-state index contributed by atoms with van der Waals surface area (Å²) in [4.78, 5) is 0. The van der Waals surface area contributed by atoms with Gasteiger partial charge in [0.05, 0.1) is 11.2 Å². The van der Waals surface area contributed by atoms with Crippen molar-refractivity contribution < 1.29 is 14.7 Å². The van der Waals surface area contributed by atoms with E-state index in [1.165, 1.54) is 6.21 Å². The maximum atomic E-state index is 8.62. The first-order chi connectivity index (χ1) is 10.2. The van der Waals surface area contributed by atoms with Crippen molar-refractivity contribution in [3.8, 4) is 11.5 Å². The van der Waals surface area contributed by atoms with E-state index in [0.717, 1.165) is 0 Å². The molecule has 2 rings (SSSR count). The van der Waals surface area contributed by atoms with Gasteiger partial charge in [0, 0.05) is 10.6 Å². The zero-order valence-electron chi connectivity index (χ0n) is 11.0. The Morgan fingerprint density at radius 2 is 1.71 bits per heavy atom. The maximum Gasteiger partial charge on any atom is 0.138 e. The number of oxime groups is 1. The molecule has 4 nitrogen and oxygen atoms in total. The molecule has 0 atom stereocenters. The molecule has 0 aliphatic carbocycles. The van der Waals surface area contributed by atoms with Crippen molar-refractivity contribution in [3.63, 3.8) is 0 Å². The molecular weight excluding hydrogens is 313 g/mol. The minimum atomic E-state index is 0.319. The van der Waals surface area contributed by atoms with E-state index in [1.807, 2.05) is 12.1 Å². The molecule has 1 N–H and O–H groups in total. The van der Waals surface area contributed by atoms with Gasteiger partial charge in [0.1, 0.15) is 24.7 Å². The van der Waals surface area contributed by atoms with Gasteiger partial charge in [-0.3, -0.25) is 0 Å². The lowest BCUT2D eigenvalue weighted by atomic mass is 10.2. The molecule has 0 fully saturated rings. The van der Waals surface area contributed by atoms with Gasteiger partial charge in [-0.2, -0.15) is 0 Å². The summed E-state index contributed by atoms with van der Waals surface area (Å²) in [5.41, 5.74) is 0.586. The number of para-hydroxylation sites is 1. The standard InChI is InChI=1S/C15H13Cl2NO3/c16-12-5-6-14(11(9-12)10-18-19)20-7-8-21-15-4-2-1-3-13(15)17/h1-6,9-10,19H,7-8H2. The van der Waals surface area contributed by atoms with Gasteiger partial charge in [0.25, 0.3) is 0 Å². The lowest BCUT2D eigenvalue weighted by molar-refractivity contribution is 0.217. The monoisotopic (exact) mass is 325 g/mol. The van der Waals surface area contributed by atoms with E-state index in [4.69, 9.17) is 37.9 Å². The Morgan fingerprint density at radius 1 is 1.00 bits per heavy atom. The number of hydrogen-bond donors (Lipinski definition) is 1. The summed E-state index contributed by atoms with van der Waals surface area (Å²) in [6, 6.07) is 12.3. The highest BCUT2D eigenvalue weighted by Gasteiger charge is 2.04. The first kappa shape index (κ1) is 15.5. The Labute approximate surface area is 132 Å². The zero-order chi connectivity index (χ0) is 15.1. The van der Waals surface area contributed by atoms with Crippen LogP contribution in [0.4, 0.5) is 0 Å². The quantitative estimate of drug-likeness (QED) is 0.373. The average Bonchev–Trinajstić information content (AvgIpc) is 2.47. The van der Waals surface area contributed by atoms with Gasteiger partial charge >= 0.3 is 0 Å². The molecular formula is C15H13Cl2NO3. The number of nitrogens with zero attached hydrogens (tertiary/aromatic N) is 1. The maximum absolute atomic E-state index is 8.62. The molecule has 110 valence electrons. The zero-order valence-corrected chi connectivity index (χ0v) is 12.5. The second-order valence-electron chi connectivity index (χ2n) is 4.05. The average molecular weight is 326 g/mol. The Hall–Kier alpha value is -1.91. The first-order valence-electron chi connectivity index (χ1n) is 6.18. The largest absolute Gasteiger partial charge is 0.489 e. The smallest absolute Gasteiger partial charge is 0.138 e. The number of halogens is 2. The summed E-state index contributed by atoms with van der Waals surface area (Å²) in [6.45, 7) is 0.654. The van der Waals surface area contributed by atoms with Gasteiger partial charge in [-0.05, 0) is 30.3 Å².